The summed E-state index contributed by atoms with van der Waals surface area (Å²) < 4.78 is 21.6. The van der Waals surface area contributed by atoms with Gasteiger partial charge in [-0.25, -0.2) is 0 Å². The number of amides is 1. The van der Waals surface area contributed by atoms with E-state index < -0.39 is 86.6 Å². The van der Waals surface area contributed by atoms with Crippen molar-refractivity contribution < 1.29 is 59.5 Å². The minimum absolute atomic E-state index is 0.371. The van der Waals surface area contributed by atoms with E-state index in [0.29, 0.717) is 5.56 Å². The monoisotopic (exact) mass is 475 g/mol. The lowest BCUT2D eigenvalue weighted by molar-refractivity contribution is -0.334. The summed E-state index contributed by atoms with van der Waals surface area (Å²) in [7, 11) is 0. The van der Waals surface area contributed by atoms with Gasteiger partial charge in [0.15, 0.2) is 18.7 Å². The molecule has 2 saturated heterocycles. The number of rotatable bonds is 8. The summed E-state index contributed by atoms with van der Waals surface area (Å²) in [6.45, 7) is -1.19. The largest absolute Gasteiger partial charge is 0.394 e. The second-order valence-corrected chi connectivity index (χ2v) is 7.87. The Kier molecular flexibility index (Phi) is 8.71. The van der Waals surface area contributed by atoms with E-state index in [1.165, 1.54) is 0 Å². The highest BCUT2D eigenvalue weighted by molar-refractivity contribution is 5.80. The molecule has 0 spiro atoms. The van der Waals surface area contributed by atoms with Crippen LogP contribution in [0, 0.1) is 0 Å². The molecule has 0 saturated carbocycles. The van der Waals surface area contributed by atoms with Gasteiger partial charge >= 0.3 is 0 Å². The van der Waals surface area contributed by atoms with E-state index in [0.717, 1.165) is 0 Å². The quantitative estimate of drug-likeness (QED) is 0.179. The van der Waals surface area contributed by atoms with Gasteiger partial charge in [-0.15, -0.1) is 0 Å². The summed E-state index contributed by atoms with van der Waals surface area (Å²) in [5.74, 6) is -0.883. The Bertz CT molecular complexity index is 767. The molecule has 0 aromatic heterocycles. The van der Waals surface area contributed by atoms with Crippen LogP contribution in [-0.4, -0.2) is 116 Å². The van der Waals surface area contributed by atoms with Crippen LogP contribution in [0.3, 0.4) is 0 Å². The van der Waals surface area contributed by atoms with Crippen LogP contribution in [0.1, 0.15) is 11.7 Å². The van der Waals surface area contributed by atoms with E-state index in [9.17, 15) is 40.5 Å². The number of benzene rings is 1. The zero-order chi connectivity index (χ0) is 24.3. The maximum atomic E-state index is 11.9. The van der Waals surface area contributed by atoms with Crippen molar-refractivity contribution in [2.24, 2.45) is 5.73 Å². The molecule has 3 rings (SSSR count). The Morgan fingerprint density at radius 1 is 0.848 bits per heavy atom. The highest BCUT2D eigenvalue weighted by Crippen LogP contribution is 2.29. The van der Waals surface area contributed by atoms with Crippen molar-refractivity contribution >= 4 is 5.91 Å². The lowest BCUT2D eigenvalue weighted by Gasteiger charge is -2.43. The van der Waals surface area contributed by atoms with Crippen LogP contribution in [-0.2, 0) is 23.7 Å². The first-order valence-electron chi connectivity index (χ1n) is 10.3. The van der Waals surface area contributed by atoms with Gasteiger partial charge in [0.1, 0.15) is 48.8 Å². The number of carbonyl (C=O) groups excluding carboxylic acids is 1. The third-order valence-corrected chi connectivity index (χ3v) is 5.57. The summed E-state index contributed by atoms with van der Waals surface area (Å²) in [5, 5.41) is 69.8. The van der Waals surface area contributed by atoms with Crippen molar-refractivity contribution in [1.29, 1.82) is 0 Å². The van der Waals surface area contributed by atoms with Crippen molar-refractivity contribution in [1.82, 2.24) is 0 Å². The van der Waals surface area contributed by atoms with Crippen LogP contribution in [0.2, 0.25) is 0 Å². The maximum Gasteiger partial charge on any atom is 0.251 e. The molecule has 11 atom stereocenters. The topological polar surface area (TPSA) is 222 Å². The van der Waals surface area contributed by atoms with E-state index >= 15 is 0 Å². The molecule has 1 amide bonds. The summed E-state index contributed by atoms with van der Waals surface area (Å²) in [5.41, 5.74) is 5.77. The number of hydrogen-bond donors (Lipinski definition) is 8. The van der Waals surface area contributed by atoms with Crippen molar-refractivity contribution in [3.63, 3.8) is 0 Å². The van der Waals surface area contributed by atoms with Gasteiger partial charge in [-0.2, -0.15) is 0 Å². The van der Waals surface area contributed by atoms with Gasteiger partial charge in [-0.1, -0.05) is 30.3 Å². The van der Waals surface area contributed by atoms with E-state index in [1.54, 1.807) is 30.3 Å². The third-order valence-electron chi connectivity index (χ3n) is 5.57. The molecule has 13 nitrogen and oxygen atoms in total. The number of hydrogen-bond acceptors (Lipinski definition) is 12. The molecule has 0 radical (unpaired) electrons. The van der Waals surface area contributed by atoms with Crippen LogP contribution in [0.4, 0.5) is 0 Å². The Morgan fingerprint density at radius 3 is 1.97 bits per heavy atom. The van der Waals surface area contributed by atoms with Crippen LogP contribution >= 0.6 is 0 Å². The molecule has 0 aliphatic carbocycles. The van der Waals surface area contributed by atoms with Crippen molar-refractivity contribution in [2.45, 2.75) is 67.5 Å². The second kappa shape index (κ2) is 11.1. The minimum atomic E-state index is -1.75. The molecular formula is C20H29NO12. The summed E-state index contributed by atoms with van der Waals surface area (Å²) in [6.07, 6.45) is -17.1. The fourth-order valence-electron chi connectivity index (χ4n) is 3.63. The number of aliphatic hydroxyl groups excluding tert-OH is 7. The Labute approximate surface area is 188 Å². The Morgan fingerprint density at radius 2 is 1.39 bits per heavy atom. The van der Waals surface area contributed by atoms with E-state index in [2.05, 4.69) is 0 Å². The van der Waals surface area contributed by atoms with Gasteiger partial charge in [0.2, 0.25) is 0 Å². The summed E-state index contributed by atoms with van der Waals surface area (Å²) >= 11 is 0. The fraction of sp³-hybridized carbons (Fsp3) is 0.650. The minimum Gasteiger partial charge on any atom is -0.394 e. The fourth-order valence-corrected chi connectivity index (χ4v) is 3.63. The molecule has 0 bridgehead atoms. The van der Waals surface area contributed by atoms with Gasteiger partial charge in [-0.05, 0) is 5.56 Å². The van der Waals surface area contributed by atoms with Gasteiger partial charge < -0.3 is 60.4 Å². The summed E-state index contributed by atoms with van der Waals surface area (Å²) in [6, 6.07) is 8.12. The van der Waals surface area contributed by atoms with E-state index in [-0.39, 0.29) is 0 Å². The molecule has 33 heavy (non-hydrogen) atoms. The molecule has 2 fully saturated rings. The zero-order valence-corrected chi connectivity index (χ0v) is 17.4. The van der Waals surface area contributed by atoms with Crippen LogP contribution in [0.15, 0.2) is 30.3 Å². The lowest BCUT2D eigenvalue weighted by atomic mass is 9.98. The molecule has 13 heteroatoms. The van der Waals surface area contributed by atoms with Gasteiger partial charge in [0.05, 0.1) is 13.2 Å². The van der Waals surface area contributed by atoms with Gasteiger partial charge in [-0.3, -0.25) is 4.79 Å². The summed E-state index contributed by atoms with van der Waals surface area (Å²) in [4.78, 5) is 11.9. The van der Waals surface area contributed by atoms with Gasteiger partial charge in [0, 0.05) is 0 Å². The number of carbonyl (C=O) groups is 1. The molecule has 186 valence electrons. The third kappa shape index (κ3) is 5.67. The average Bonchev–Trinajstić information content (AvgIpc) is 2.81. The molecule has 9 N–H and O–H groups in total. The standard InChI is InChI=1S/C20H29NO12/c21-18(29)17(8-4-2-1-3-5-8)33-20-16(28)14(26)12(24)10(32-20)7-30-19-15(27)13(25)11(23)9(6-22)31-19/h1-5,9-17,19-20,22-28H,6-7H2,(H2,21,29)/t9-,10-,11-,12-,13+,14+,15-,16-,17+,19-,20+/m1/s1. The first kappa shape index (κ1) is 25.9. The molecule has 1 aromatic rings. The number of primary amides is 1. The lowest BCUT2D eigenvalue weighted by Crippen LogP contribution is -2.62. The highest BCUT2D eigenvalue weighted by atomic mass is 16.7. The molecular weight excluding hydrogens is 446 g/mol. The predicted molar refractivity (Wildman–Crippen MR) is 106 cm³/mol. The number of nitrogens with two attached hydrogens (primary N) is 1. The van der Waals surface area contributed by atoms with Crippen LogP contribution in [0.25, 0.3) is 0 Å². The van der Waals surface area contributed by atoms with Crippen molar-refractivity contribution in [2.75, 3.05) is 13.2 Å². The average molecular weight is 475 g/mol. The number of aliphatic hydroxyl groups is 7. The molecule has 2 aliphatic heterocycles. The Balaban J connectivity index is 1.68. The van der Waals surface area contributed by atoms with Crippen LogP contribution in [0.5, 0.6) is 0 Å². The first-order chi connectivity index (χ1) is 15.6. The van der Waals surface area contributed by atoms with Gasteiger partial charge in [0.25, 0.3) is 5.91 Å². The van der Waals surface area contributed by atoms with Crippen molar-refractivity contribution in [3.05, 3.63) is 35.9 Å². The number of ether oxygens (including phenoxy) is 4. The predicted octanol–water partition coefficient (Wildman–Crippen LogP) is -4.15. The normalized spacial score (nSPS) is 40.3. The molecule has 0 unspecified atom stereocenters. The van der Waals surface area contributed by atoms with Crippen LogP contribution < -0.4 is 5.73 Å². The first-order valence-corrected chi connectivity index (χ1v) is 10.3. The SMILES string of the molecule is NC(=O)[C@@H](O[C@@H]1O[C@H](CO[C@@H]2O[C@H](CO)[C@@H](O)[C@H](O)[C@H]2O)[C@@H](O)[C@H](O)[C@H]1O)c1ccccc1. The second-order valence-electron chi connectivity index (χ2n) is 7.87. The maximum absolute atomic E-state index is 11.9. The molecule has 1 aromatic carbocycles. The zero-order valence-electron chi connectivity index (χ0n) is 17.4. The van der Waals surface area contributed by atoms with Crippen molar-refractivity contribution in [3.8, 4) is 0 Å². The van der Waals surface area contributed by atoms with E-state index in [1.807, 2.05) is 0 Å². The van der Waals surface area contributed by atoms with E-state index in [4.69, 9.17) is 24.7 Å². The Hall–Kier alpha value is -1.75. The smallest absolute Gasteiger partial charge is 0.251 e. The molecule has 2 aliphatic rings. The molecule has 2 heterocycles. The highest BCUT2D eigenvalue weighted by Gasteiger charge is 2.48.